The minimum atomic E-state index is -0.612. The van der Waals surface area contributed by atoms with Crippen LogP contribution < -0.4 is 10.6 Å². The van der Waals surface area contributed by atoms with Crippen molar-refractivity contribution in [2.45, 2.75) is 57.9 Å². The molecular formula is C18H24N2O4S. The summed E-state index contributed by atoms with van der Waals surface area (Å²) in [7, 11) is 0. The third kappa shape index (κ3) is 4.81. The third-order valence-electron chi connectivity index (χ3n) is 4.81. The molecule has 3 rings (SSSR count). The molecule has 1 aromatic rings. The molecule has 7 heteroatoms. The Kier molecular flexibility index (Phi) is 5.73. The number of amides is 3. The van der Waals surface area contributed by atoms with Gasteiger partial charge in [0.1, 0.15) is 4.88 Å². The molecule has 0 bridgehead atoms. The molecule has 1 unspecified atom stereocenters. The van der Waals surface area contributed by atoms with Crippen molar-refractivity contribution in [2.24, 2.45) is 5.92 Å². The summed E-state index contributed by atoms with van der Waals surface area (Å²) in [6.45, 7) is 1.76. The molecule has 1 fully saturated rings. The van der Waals surface area contributed by atoms with Crippen molar-refractivity contribution in [3.8, 4) is 0 Å². The highest BCUT2D eigenvalue weighted by atomic mass is 32.1. The molecule has 6 nitrogen and oxygen atoms in total. The number of hydrogen-bond donors (Lipinski definition) is 2. The van der Waals surface area contributed by atoms with Gasteiger partial charge in [-0.15, -0.1) is 11.3 Å². The fourth-order valence-electron chi connectivity index (χ4n) is 3.46. The quantitative estimate of drug-likeness (QED) is 0.805. The molecule has 1 atom stereocenters. The van der Waals surface area contributed by atoms with Crippen LogP contribution in [0.25, 0.3) is 0 Å². The maximum Gasteiger partial charge on any atom is 0.348 e. The van der Waals surface area contributed by atoms with Gasteiger partial charge in [0.25, 0.3) is 5.91 Å². The van der Waals surface area contributed by atoms with Gasteiger partial charge in [-0.3, -0.25) is 10.1 Å². The number of carbonyl (C=O) groups is 3. The van der Waals surface area contributed by atoms with Gasteiger partial charge >= 0.3 is 12.0 Å². The number of aryl methyl sites for hydroxylation is 1. The maximum atomic E-state index is 12.1. The summed E-state index contributed by atoms with van der Waals surface area (Å²) in [6, 6.07) is 1.49. The lowest BCUT2D eigenvalue weighted by molar-refractivity contribution is -0.123. The molecule has 0 aromatic carbocycles. The van der Waals surface area contributed by atoms with Crippen LogP contribution in [0.1, 0.15) is 59.1 Å². The topological polar surface area (TPSA) is 84.5 Å². The molecule has 1 aromatic heterocycles. The van der Waals surface area contributed by atoms with Crippen LogP contribution in [0.5, 0.6) is 0 Å². The molecule has 0 radical (unpaired) electrons. The van der Waals surface area contributed by atoms with Crippen LogP contribution in [-0.4, -0.2) is 30.6 Å². The Morgan fingerprint density at radius 3 is 2.76 bits per heavy atom. The number of imide groups is 1. The van der Waals surface area contributed by atoms with E-state index in [9.17, 15) is 14.4 Å². The average molecular weight is 364 g/mol. The van der Waals surface area contributed by atoms with E-state index < -0.39 is 24.5 Å². The van der Waals surface area contributed by atoms with Gasteiger partial charge in [0.2, 0.25) is 0 Å². The van der Waals surface area contributed by atoms with Crippen LogP contribution in [0.4, 0.5) is 4.79 Å². The van der Waals surface area contributed by atoms with Gasteiger partial charge < -0.3 is 10.1 Å². The van der Waals surface area contributed by atoms with E-state index >= 15 is 0 Å². The van der Waals surface area contributed by atoms with E-state index in [1.54, 1.807) is 0 Å². The van der Waals surface area contributed by atoms with E-state index in [1.165, 1.54) is 21.8 Å². The summed E-state index contributed by atoms with van der Waals surface area (Å²) in [5.74, 6) is -0.479. The molecule has 2 aliphatic carbocycles. The number of rotatable bonds is 4. The standard InChI is InChI=1S/C18H24N2O4S/c1-11-6-7-14-12(8-11)9-15(25-14)17(22)24-10-16(21)20-18(23)19-13-4-2-3-5-13/h9,11,13H,2-8,10H2,1H3,(H2,19,20,21,23). The number of hydrogen-bond acceptors (Lipinski definition) is 5. The Hall–Kier alpha value is -1.89. The second-order valence-electron chi connectivity index (χ2n) is 6.99. The van der Waals surface area contributed by atoms with E-state index in [0.29, 0.717) is 10.8 Å². The molecule has 0 spiro atoms. The zero-order chi connectivity index (χ0) is 17.8. The number of urea groups is 1. The molecule has 136 valence electrons. The van der Waals surface area contributed by atoms with Gasteiger partial charge in [-0.05, 0) is 49.7 Å². The van der Waals surface area contributed by atoms with Gasteiger partial charge in [0.05, 0.1) is 0 Å². The van der Waals surface area contributed by atoms with E-state index in [0.717, 1.165) is 44.9 Å². The molecule has 2 aliphatic rings. The molecule has 0 aliphatic heterocycles. The van der Waals surface area contributed by atoms with Crippen molar-refractivity contribution >= 4 is 29.2 Å². The number of ether oxygens (including phenoxy) is 1. The van der Waals surface area contributed by atoms with Crippen LogP contribution in [-0.2, 0) is 22.4 Å². The zero-order valence-corrected chi connectivity index (χ0v) is 15.2. The molecule has 1 heterocycles. The van der Waals surface area contributed by atoms with Crippen molar-refractivity contribution in [3.63, 3.8) is 0 Å². The zero-order valence-electron chi connectivity index (χ0n) is 14.4. The first kappa shape index (κ1) is 17.9. The van der Waals surface area contributed by atoms with Crippen LogP contribution >= 0.6 is 11.3 Å². The summed E-state index contributed by atoms with van der Waals surface area (Å²) in [6.07, 6.45) is 7.20. The molecular weight excluding hydrogens is 340 g/mol. The van der Waals surface area contributed by atoms with Gasteiger partial charge in [0.15, 0.2) is 6.61 Å². The van der Waals surface area contributed by atoms with Gasteiger partial charge in [-0.25, -0.2) is 9.59 Å². The molecule has 0 saturated heterocycles. The molecule has 2 N–H and O–H groups in total. The monoisotopic (exact) mass is 364 g/mol. The summed E-state index contributed by atoms with van der Waals surface area (Å²) in [5.41, 5.74) is 1.22. The number of nitrogens with one attached hydrogen (secondary N) is 2. The normalized spacial score (nSPS) is 20.0. The minimum Gasteiger partial charge on any atom is -0.451 e. The minimum absolute atomic E-state index is 0.134. The molecule has 25 heavy (non-hydrogen) atoms. The third-order valence-corrected chi connectivity index (χ3v) is 6.03. The van der Waals surface area contributed by atoms with Crippen molar-refractivity contribution in [2.75, 3.05) is 6.61 Å². The van der Waals surface area contributed by atoms with Crippen LogP contribution in [0.15, 0.2) is 6.07 Å². The van der Waals surface area contributed by atoms with Crippen molar-refractivity contribution in [1.82, 2.24) is 10.6 Å². The summed E-state index contributed by atoms with van der Waals surface area (Å²) in [4.78, 5) is 37.4. The maximum absolute atomic E-state index is 12.1. The summed E-state index contributed by atoms with van der Waals surface area (Å²) < 4.78 is 5.04. The Balaban J connectivity index is 1.44. The van der Waals surface area contributed by atoms with Crippen molar-refractivity contribution in [3.05, 3.63) is 21.4 Å². The van der Waals surface area contributed by atoms with Crippen molar-refractivity contribution in [1.29, 1.82) is 0 Å². The van der Waals surface area contributed by atoms with Crippen LogP contribution in [0.2, 0.25) is 0 Å². The highest BCUT2D eigenvalue weighted by molar-refractivity contribution is 7.14. The number of thiophene rings is 1. The predicted octanol–water partition coefficient (Wildman–Crippen LogP) is 2.80. The van der Waals surface area contributed by atoms with E-state index in [1.807, 2.05) is 6.07 Å². The van der Waals surface area contributed by atoms with Crippen LogP contribution in [0.3, 0.4) is 0 Å². The SMILES string of the molecule is CC1CCc2sc(C(=O)OCC(=O)NC(=O)NC3CCCC3)cc2C1. The van der Waals surface area contributed by atoms with Gasteiger partial charge in [-0.1, -0.05) is 19.8 Å². The largest absolute Gasteiger partial charge is 0.451 e. The fraction of sp³-hybridized carbons (Fsp3) is 0.611. The Morgan fingerprint density at radius 1 is 1.24 bits per heavy atom. The second kappa shape index (κ2) is 7.99. The number of esters is 1. The van der Waals surface area contributed by atoms with Crippen molar-refractivity contribution < 1.29 is 19.1 Å². The Bertz CT molecular complexity index is 664. The summed E-state index contributed by atoms with van der Waals surface area (Å²) >= 11 is 1.45. The second-order valence-corrected chi connectivity index (χ2v) is 8.12. The lowest BCUT2D eigenvalue weighted by atomic mass is 9.90. The fourth-order valence-corrected chi connectivity index (χ4v) is 4.57. The molecule has 1 saturated carbocycles. The number of fused-ring (bicyclic) bond motifs is 1. The van der Waals surface area contributed by atoms with Gasteiger partial charge in [-0.2, -0.15) is 0 Å². The first-order chi connectivity index (χ1) is 12.0. The van der Waals surface area contributed by atoms with E-state index in [-0.39, 0.29) is 6.04 Å². The predicted molar refractivity (Wildman–Crippen MR) is 94.7 cm³/mol. The average Bonchev–Trinajstić information content (AvgIpc) is 3.21. The molecule has 3 amide bonds. The Morgan fingerprint density at radius 2 is 2.00 bits per heavy atom. The smallest absolute Gasteiger partial charge is 0.348 e. The van der Waals surface area contributed by atoms with E-state index in [4.69, 9.17) is 4.74 Å². The highest BCUT2D eigenvalue weighted by Crippen LogP contribution is 2.32. The van der Waals surface area contributed by atoms with E-state index in [2.05, 4.69) is 17.6 Å². The van der Waals surface area contributed by atoms with Crippen LogP contribution in [0, 0.1) is 5.92 Å². The first-order valence-electron chi connectivity index (χ1n) is 8.90. The number of carbonyl (C=O) groups excluding carboxylic acids is 3. The Labute approximate surface area is 151 Å². The highest BCUT2D eigenvalue weighted by Gasteiger charge is 2.22. The lowest BCUT2D eigenvalue weighted by Crippen LogP contribution is -2.44. The summed E-state index contributed by atoms with van der Waals surface area (Å²) in [5, 5.41) is 4.96. The lowest BCUT2D eigenvalue weighted by Gasteiger charge is -2.16. The first-order valence-corrected chi connectivity index (χ1v) is 9.72. The van der Waals surface area contributed by atoms with Gasteiger partial charge in [0, 0.05) is 10.9 Å².